The Bertz CT molecular complexity index is 1750. The molecule has 0 unspecified atom stereocenters. The normalized spacial score (nSPS) is 16.6. The first-order chi connectivity index (χ1) is 24.5. The number of amides is 1. The number of likely N-dealkylation sites (N-methyl/N-ethyl adjacent to an activating group) is 1. The molecule has 11 heteroatoms. The fourth-order valence-corrected chi connectivity index (χ4v) is 7.58. The van der Waals surface area contributed by atoms with Gasteiger partial charge in [-0.2, -0.15) is 4.79 Å². The lowest BCUT2D eigenvalue weighted by Crippen LogP contribution is -2.41. The SMILES string of the molecule is CN(CCOCCOCCCCCCCl)C(=O)c1ccc2c(c1)C1(C(=[N+]=[N-])C2=O)c2ccc(N3CCC3)cc2Oc2cc(N3CCC3)ccc21. The first-order valence-electron chi connectivity index (χ1n) is 17.8. The van der Waals surface area contributed by atoms with Crippen LogP contribution in [0.2, 0.25) is 0 Å². The second kappa shape index (κ2) is 15.0. The standard InChI is InChI=1S/C39H44ClN5O5/c1-43(19-21-49-23-22-48-20-5-3-2-4-14-40)38(47)27-8-11-30-33(24-27)39(37(42-41)36(30)46)31-12-9-28(44-15-6-16-44)25-34(31)50-35-26-29(10-13-32(35)39)45-17-7-18-45/h8-13,24-26H,2-7,14-23H2,1H3. The molecule has 3 aliphatic heterocycles. The van der Waals surface area contributed by atoms with Crippen LogP contribution in [0.15, 0.2) is 54.6 Å². The molecule has 50 heavy (non-hydrogen) atoms. The van der Waals surface area contributed by atoms with Crippen LogP contribution < -0.4 is 14.5 Å². The topological polar surface area (TPSA) is 108 Å². The second-order valence-corrected chi connectivity index (χ2v) is 13.9. The van der Waals surface area contributed by atoms with E-state index in [1.165, 1.54) is 0 Å². The molecule has 3 aromatic rings. The molecule has 0 aromatic heterocycles. The van der Waals surface area contributed by atoms with Gasteiger partial charge in [0, 0.05) is 98.0 Å². The van der Waals surface area contributed by atoms with E-state index in [2.05, 4.69) is 14.6 Å². The summed E-state index contributed by atoms with van der Waals surface area (Å²) in [7, 11) is 1.74. The Hall–Kier alpha value is -4.21. The molecule has 0 N–H and O–H groups in total. The third kappa shape index (κ3) is 6.19. The number of ketones is 1. The van der Waals surface area contributed by atoms with Gasteiger partial charge in [0.15, 0.2) is 5.41 Å². The lowest BCUT2D eigenvalue weighted by Gasteiger charge is -2.39. The van der Waals surface area contributed by atoms with E-state index in [4.69, 9.17) is 25.8 Å². The minimum Gasteiger partial charge on any atom is -0.457 e. The third-order valence-corrected chi connectivity index (χ3v) is 10.7. The Morgan fingerprint density at radius 3 is 2.04 bits per heavy atom. The second-order valence-electron chi connectivity index (χ2n) is 13.5. The molecule has 0 bridgehead atoms. The number of rotatable bonds is 15. The highest BCUT2D eigenvalue weighted by Gasteiger charge is 2.62. The molecule has 7 rings (SSSR count). The third-order valence-electron chi connectivity index (χ3n) is 10.4. The maximum atomic E-state index is 14.0. The molecule has 10 nitrogen and oxygen atoms in total. The van der Waals surface area contributed by atoms with Crippen LogP contribution in [0.25, 0.3) is 5.53 Å². The van der Waals surface area contributed by atoms with Crippen molar-refractivity contribution in [1.82, 2.24) is 4.90 Å². The zero-order valence-electron chi connectivity index (χ0n) is 28.7. The van der Waals surface area contributed by atoms with E-state index in [0.717, 1.165) is 76.1 Å². The summed E-state index contributed by atoms with van der Waals surface area (Å²) in [4.78, 5) is 37.7. The highest BCUT2D eigenvalue weighted by Crippen LogP contribution is 2.57. The molecule has 4 aliphatic rings. The van der Waals surface area contributed by atoms with Crippen LogP contribution in [0.1, 0.15) is 75.9 Å². The zero-order valence-corrected chi connectivity index (χ0v) is 29.4. The molecule has 1 amide bonds. The Balaban J connectivity index is 1.15. The number of ether oxygens (including phenoxy) is 3. The van der Waals surface area contributed by atoms with Gasteiger partial charge in [-0.3, -0.25) is 9.59 Å². The molecule has 1 aliphatic carbocycles. The number of Topliss-reactive ketones (excluding diaryl/α,β-unsaturated/α-hetero) is 1. The number of alkyl halides is 1. The Kier molecular flexibility index (Phi) is 10.2. The summed E-state index contributed by atoms with van der Waals surface area (Å²) in [5.41, 5.74) is 14.2. The zero-order chi connectivity index (χ0) is 34.7. The first-order valence-corrected chi connectivity index (χ1v) is 18.4. The summed E-state index contributed by atoms with van der Waals surface area (Å²) in [6, 6.07) is 17.2. The largest absolute Gasteiger partial charge is 0.457 e. The van der Waals surface area contributed by atoms with Gasteiger partial charge in [0.1, 0.15) is 11.5 Å². The van der Waals surface area contributed by atoms with E-state index in [1.54, 1.807) is 30.1 Å². The Morgan fingerprint density at radius 1 is 0.840 bits per heavy atom. The number of fused-ring (bicyclic) bond motifs is 6. The van der Waals surface area contributed by atoms with Crippen molar-refractivity contribution in [1.29, 1.82) is 0 Å². The quantitative estimate of drug-likeness (QED) is 0.0792. The fraction of sp³-hybridized carbons (Fsp3) is 0.462. The predicted molar refractivity (Wildman–Crippen MR) is 194 cm³/mol. The van der Waals surface area contributed by atoms with Gasteiger partial charge in [0.2, 0.25) is 0 Å². The highest BCUT2D eigenvalue weighted by atomic mass is 35.5. The van der Waals surface area contributed by atoms with E-state index >= 15 is 0 Å². The number of carbonyl (C=O) groups excluding carboxylic acids is 2. The van der Waals surface area contributed by atoms with Gasteiger partial charge in [-0.25, -0.2) is 0 Å². The van der Waals surface area contributed by atoms with Crippen molar-refractivity contribution in [3.8, 4) is 11.5 Å². The van der Waals surface area contributed by atoms with Crippen molar-refractivity contribution < 1.29 is 28.6 Å². The van der Waals surface area contributed by atoms with E-state index in [1.807, 2.05) is 36.4 Å². The Morgan fingerprint density at radius 2 is 1.46 bits per heavy atom. The molecular weight excluding hydrogens is 654 g/mol. The number of hydrogen-bond donors (Lipinski definition) is 0. The van der Waals surface area contributed by atoms with Crippen LogP contribution in [0.4, 0.5) is 11.4 Å². The summed E-state index contributed by atoms with van der Waals surface area (Å²) in [5.74, 6) is 1.33. The molecule has 1 spiro atoms. The van der Waals surface area contributed by atoms with Crippen LogP contribution >= 0.6 is 11.6 Å². The lowest BCUT2D eigenvalue weighted by atomic mass is 9.67. The number of hydrogen-bond acceptors (Lipinski definition) is 7. The minimum absolute atomic E-state index is 0.00414. The van der Waals surface area contributed by atoms with Gasteiger partial charge in [-0.15, -0.1) is 11.6 Å². The van der Waals surface area contributed by atoms with E-state index in [-0.39, 0.29) is 17.4 Å². The molecular formula is C39H44ClN5O5. The molecule has 2 saturated heterocycles. The van der Waals surface area contributed by atoms with Crippen LogP contribution in [-0.4, -0.2) is 99.2 Å². The summed E-state index contributed by atoms with van der Waals surface area (Å²) in [6.45, 7) is 6.30. The van der Waals surface area contributed by atoms with Gasteiger partial charge in [-0.1, -0.05) is 25.0 Å². The molecule has 0 atom stereocenters. The van der Waals surface area contributed by atoms with E-state index in [9.17, 15) is 15.1 Å². The first kappa shape index (κ1) is 34.2. The minimum atomic E-state index is -1.27. The van der Waals surface area contributed by atoms with Crippen molar-refractivity contribution >= 4 is 40.4 Å². The van der Waals surface area contributed by atoms with Gasteiger partial charge < -0.3 is 34.4 Å². The van der Waals surface area contributed by atoms with Gasteiger partial charge in [0.25, 0.3) is 11.7 Å². The summed E-state index contributed by atoms with van der Waals surface area (Å²) < 4.78 is 18.1. The molecule has 0 radical (unpaired) electrons. The number of anilines is 2. The number of nitrogens with zero attached hydrogens (tertiary/aromatic N) is 5. The highest BCUT2D eigenvalue weighted by molar-refractivity contribution is 6.52. The predicted octanol–water partition coefficient (Wildman–Crippen LogP) is 6.32. The van der Waals surface area contributed by atoms with Crippen LogP contribution in [0.5, 0.6) is 11.5 Å². The maximum absolute atomic E-state index is 14.0. The summed E-state index contributed by atoms with van der Waals surface area (Å²) in [5, 5.41) is 0. The number of unbranched alkanes of at least 4 members (excludes halogenated alkanes) is 3. The molecule has 3 heterocycles. The molecule has 0 saturated carbocycles. The average molecular weight is 698 g/mol. The number of halogens is 1. The van der Waals surface area contributed by atoms with Crippen LogP contribution in [0.3, 0.4) is 0 Å². The van der Waals surface area contributed by atoms with Crippen molar-refractivity contribution in [2.75, 3.05) is 81.9 Å². The summed E-state index contributed by atoms with van der Waals surface area (Å²) >= 11 is 5.72. The van der Waals surface area contributed by atoms with E-state index in [0.29, 0.717) is 78.2 Å². The maximum Gasteiger partial charge on any atom is 0.358 e. The number of benzene rings is 3. The van der Waals surface area contributed by atoms with Gasteiger partial charge in [-0.05, 0) is 61.6 Å². The smallest absolute Gasteiger partial charge is 0.358 e. The van der Waals surface area contributed by atoms with Crippen molar-refractivity contribution in [3.05, 3.63) is 87.9 Å². The number of carbonyl (C=O) groups is 2. The van der Waals surface area contributed by atoms with Crippen molar-refractivity contribution in [2.45, 2.75) is 43.9 Å². The molecule has 262 valence electrons. The monoisotopic (exact) mass is 697 g/mol. The molecule has 3 aromatic carbocycles. The van der Waals surface area contributed by atoms with Crippen molar-refractivity contribution in [2.24, 2.45) is 0 Å². The lowest BCUT2D eigenvalue weighted by molar-refractivity contribution is -0.0118. The van der Waals surface area contributed by atoms with Crippen LogP contribution in [-0.2, 0) is 14.9 Å². The fourth-order valence-electron chi connectivity index (χ4n) is 7.39. The summed E-state index contributed by atoms with van der Waals surface area (Å²) in [6.07, 6.45) is 6.55. The van der Waals surface area contributed by atoms with E-state index < -0.39 is 5.41 Å². The van der Waals surface area contributed by atoms with Crippen LogP contribution in [0, 0.1) is 0 Å². The van der Waals surface area contributed by atoms with Crippen molar-refractivity contribution in [3.63, 3.8) is 0 Å². The van der Waals surface area contributed by atoms with Gasteiger partial charge >= 0.3 is 5.71 Å². The Labute approximate surface area is 298 Å². The van der Waals surface area contributed by atoms with Gasteiger partial charge in [0.05, 0.1) is 19.8 Å². The average Bonchev–Trinajstić information content (AvgIpc) is 3.32. The molecule has 2 fully saturated rings.